The fourth-order valence-corrected chi connectivity index (χ4v) is 5.67. The maximum absolute atomic E-state index is 13.0. The molecule has 0 radical (unpaired) electrons. The standard InChI is InChI=1S/C28H30N2O5/c31-26(30-14-12-18(13-15-30)27(32)33)19-6-5-7-20(16-19)29-28(34)35-17-25-23-10-3-1-8-21(23)22-9-2-4-11-24(22)25/h1-4,8-12,19-20,25H,5-7,13-17H2,(H,29,34)(H,32,33)/t19-,20+/m1/s1. The van der Waals surface area contributed by atoms with E-state index in [0.29, 0.717) is 31.5 Å². The Morgan fingerprint density at radius 2 is 1.69 bits per heavy atom. The number of carbonyl (C=O) groups excluding carboxylic acids is 2. The predicted octanol–water partition coefficient (Wildman–Crippen LogP) is 4.33. The van der Waals surface area contributed by atoms with Gasteiger partial charge in [-0.05, 0) is 47.9 Å². The van der Waals surface area contributed by atoms with Gasteiger partial charge in [0.2, 0.25) is 5.91 Å². The molecule has 0 bridgehead atoms. The summed E-state index contributed by atoms with van der Waals surface area (Å²) in [5.74, 6) is -1.02. The number of ether oxygens (including phenoxy) is 1. The van der Waals surface area contributed by atoms with Gasteiger partial charge in [-0.1, -0.05) is 61.0 Å². The predicted molar refractivity (Wildman–Crippen MR) is 131 cm³/mol. The van der Waals surface area contributed by atoms with E-state index in [9.17, 15) is 14.4 Å². The first-order chi connectivity index (χ1) is 17.0. The summed E-state index contributed by atoms with van der Waals surface area (Å²) < 4.78 is 5.68. The second-order valence-corrected chi connectivity index (χ2v) is 9.60. The van der Waals surface area contributed by atoms with Crippen molar-refractivity contribution in [1.29, 1.82) is 0 Å². The summed E-state index contributed by atoms with van der Waals surface area (Å²) in [5, 5.41) is 12.1. The molecule has 1 fully saturated rings. The molecule has 7 nitrogen and oxygen atoms in total. The van der Waals surface area contributed by atoms with E-state index in [4.69, 9.17) is 9.84 Å². The van der Waals surface area contributed by atoms with Crippen LogP contribution in [0.3, 0.4) is 0 Å². The smallest absolute Gasteiger partial charge is 0.407 e. The van der Waals surface area contributed by atoms with Gasteiger partial charge in [0.15, 0.2) is 0 Å². The van der Waals surface area contributed by atoms with Crippen molar-refractivity contribution < 1.29 is 24.2 Å². The maximum atomic E-state index is 13.0. The minimum absolute atomic E-state index is 0.0108. The number of carboxylic acids is 1. The summed E-state index contributed by atoms with van der Waals surface area (Å²) in [7, 11) is 0. The average molecular weight is 475 g/mol. The highest BCUT2D eigenvalue weighted by atomic mass is 16.5. The molecule has 0 aromatic heterocycles. The Morgan fingerprint density at radius 3 is 2.31 bits per heavy atom. The van der Waals surface area contributed by atoms with Crippen molar-refractivity contribution in [1.82, 2.24) is 10.2 Å². The van der Waals surface area contributed by atoms with Crippen molar-refractivity contribution >= 4 is 18.0 Å². The Bertz CT molecular complexity index is 1130. The molecular weight excluding hydrogens is 444 g/mol. The number of hydrogen-bond acceptors (Lipinski definition) is 4. The number of aliphatic carboxylic acids is 1. The molecule has 2 aromatic rings. The summed E-state index contributed by atoms with van der Waals surface area (Å²) in [6.45, 7) is 1.03. The van der Waals surface area contributed by atoms with Gasteiger partial charge in [-0.3, -0.25) is 4.79 Å². The van der Waals surface area contributed by atoms with Crippen molar-refractivity contribution in [3.05, 3.63) is 71.3 Å². The van der Waals surface area contributed by atoms with Gasteiger partial charge in [-0.2, -0.15) is 0 Å². The molecule has 1 aliphatic heterocycles. The number of carboxylic acid groups (broad SMARTS) is 1. The molecule has 2 aromatic carbocycles. The quantitative estimate of drug-likeness (QED) is 0.673. The van der Waals surface area contributed by atoms with E-state index >= 15 is 0 Å². The van der Waals surface area contributed by atoms with Gasteiger partial charge in [0, 0.05) is 36.5 Å². The molecule has 2 atom stereocenters. The zero-order valence-electron chi connectivity index (χ0n) is 19.6. The van der Waals surface area contributed by atoms with Crippen molar-refractivity contribution in [2.75, 3.05) is 19.7 Å². The van der Waals surface area contributed by atoms with Crippen LogP contribution in [0.5, 0.6) is 0 Å². The van der Waals surface area contributed by atoms with Gasteiger partial charge in [-0.25, -0.2) is 9.59 Å². The molecule has 3 aliphatic rings. The Labute approximate surface area is 204 Å². The molecule has 1 heterocycles. The lowest BCUT2D eigenvalue weighted by molar-refractivity contribution is -0.138. The zero-order valence-corrected chi connectivity index (χ0v) is 19.6. The van der Waals surface area contributed by atoms with Gasteiger partial charge >= 0.3 is 12.1 Å². The Balaban J connectivity index is 1.15. The topological polar surface area (TPSA) is 95.9 Å². The van der Waals surface area contributed by atoms with E-state index in [-0.39, 0.29) is 30.4 Å². The fourth-order valence-electron chi connectivity index (χ4n) is 5.67. The van der Waals surface area contributed by atoms with Crippen LogP contribution in [0.4, 0.5) is 4.79 Å². The lowest BCUT2D eigenvalue weighted by Gasteiger charge is -2.34. The van der Waals surface area contributed by atoms with Crippen LogP contribution in [0.25, 0.3) is 11.1 Å². The van der Waals surface area contributed by atoms with E-state index in [2.05, 4.69) is 29.6 Å². The summed E-state index contributed by atoms with van der Waals surface area (Å²) in [5.41, 5.74) is 5.09. The summed E-state index contributed by atoms with van der Waals surface area (Å²) in [4.78, 5) is 38.5. The van der Waals surface area contributed by atoms with Crippen LogP contribution in [-0.4, -0.2) is 53.7 Å². The first kappa shape index (κ1) is 23.1. The number of amides is 2. The highest BCUT2D eigenvalue weighted by molar-refractivity contribution is 5.87. The second-order valence-electron chi connectivity index (χ2n) is 9.60. The van der Waals surface area contributed by atoms with Crippen molar-refractivity contribution in [3.63, 3.8) is 0 Å². The SMILES string of the molecule is O=C(N[C@H]1CCC[C@@H](C(=O)N2CC=C(C(=O)O)CC2)C1)OCC1c2ccccc2-c2ccccc21. The van der Waals surface area contributed by atoms with Crippen LogP contribution in [0.2, 0.25) is 0 Å². The Morgan fingerprint density at radius 1 is 1.00 bits per heavy atom. The normalized spacial score (nSPS) is 21.5. The van der Waals surface area contributed by atoms with Crippen LogP contribution in [0.1, 0.15) is 49.1 Å². The van der Waals surface area contributed by atoms with E-state index in [1.807, 2.05) is 24.3 Å². The Hall–Kier alpha value is -3.61. The number of rotatable bonds is 5. The highest BCUT2D eigenvalue weighted by Crippen LogP contribution is 2.44. The number of carbonyl (C=O) groups is 3. The third kappa shape index (κ3) is 4.81. The summed E-state index contributed by atoms with van der Waals surface area (Å²) in [6, 6.07) is 16.4. The molecule has 7 heteroatoms. The number of nitrogens with one attached hydrogen (secondary N) is 1. The molecule has 2 N–H and O–H groups in total. The van der Waals surface area contributed by atoms with E-state index in [0.717, 1.165) is 19.3 Å². The molecule has 5 rings (SSSR count). The number of fused-ring (bicyclic) bond motifs is 3. The van der Waals surface area contributed by atoms with Crippen molar-refractivity contribution in [3.8, 4) is 11.1 Å². The second kappa shape index (κ2) is 9.94. The molecule has 0 saturated heterocycles. The average Bonchev–Trinajstić information content (AvgIpc) is 3.21. The lowest BCUT2D eigenvalue weighted by Crippen LogP contribution is -2.45. The van der Waals surface area contributed by atoms with E-state index < -0.39 is 12.1 Å². The highest BCUT2D eigenvalue weighted by Gasteiger charge is 2.33. The molecular formula is C28H30N2O5. The van der Waals surface area contributed by atoms with Crippen molar-refractivity contribution in [2.24, 2.45) is 5.92 Å². The Kier molecular flexibility index (Phi) is 6.57. The molecule has 0 spiro atoms. The number of hydrogen-bond donors (Lipinski definition) is 2. The molecule has 1 saturated carbocycles. The summed E-state index contributed by atoms with van der Waals surface area (Å²) in [6.07, 6.45) is 4.58. The first-order valence-electron chi connectivity index (χ1n) is 12.3. The molecule has 35 heavy (non-hydrogen) atoms. The molecule has 0 unspecified atom stereocenters. The van der Waals surface area contributed by atoms with E-state index in [1.54, 1.807) is 11.0 Å². The van der Waals surface area contributed by atoms with Crippen molar-refractivity contribution in [2.45, 2.75) is 44.1 Å². The third-order valence-corrected chi connectivity index (χ3v) is 7.48. The van der Waals surface area contributed by atoms with E-state index in [1.165, 1.54) is 22.3 Å². The van der Waals surface area contributed by atoms with Crippen LogP contribution in [0.15, 0.2) is 60.2 Å². The fraction of sp³-hybridized carbons (Fsp3) is 0.393. The maximum Gasteiger partial charge on any atom is 0.407 e. The number of nitrogens with zero attached hydrogens (tertiary/aromatic N) is 1. The first-order valence-corrected chi connectivity index (χ1v) is 12.3. The van der Waals surface area contributed by atoms with Gasteiger partial charge in [0.25, 0.3) is 0 Å². The van der Waals surface area contributed by atoms with Gasteiger partial charge < -0.3 is 20.1 Å². The number of alkyl carbamates (subject to hydrolysis) is 1. The number of benzene rings is 2. The summed E-state index contributed by atoms with van der Waals surface area (Å²) >= 11 is 0. The van der Waals surface area contributed by atoms with Gasteiger partial charge in [-0.15, -0.1) is 0 Å². The van der Waals surface area contributed by atoms with Crippen LogP contribution >= 0.6 is 0 Å². The monoisotopic (exact) mass is 474 g/mol. The molecule has 2 amide bonds. The van der Waals surface area contributed by atoms with Crippen LogP contribution in [-0.2, 0) is 14.3 Å². The largest absolute Gasteiger partial charge is 0.478 e. The minimum Gasteiger partial charge on any atom is -0.478 e. The molecule has 182 valence electrons. The van der Waals surface area contributed by atoms with Gasteiger partial charge in [0.1, 0.15) is 6.61 Å². The third-order valence-electron chi connectivity index (χ3n) is 7.48. The van der Waals surface area contributed by atoms with Crippen LogP contribution in [0, 0.1) is 5.92 Å². The van der Waals surface area contributed by atoms with Crippen LogP contribution < -0.4 is 5.32 Å². The minimum atomic E-state index is -0.915. The zero-order chi connectivity index (χ0) is 24.4. The lowest BCUT2D eigenvalue weighted by atomic mass is 9.84. The van der Waals surface area contributed by atoms with Gasteiger partial charge in [0.05, 0.1) is 0 Å². The molecule has 2 aliphatic carbocycles.